The lowest BCUT2D eigenvalue weighted by molar-refractivity contribution is -0.171. The molecule has 16 nitrogen and oxygen atoms in total. The van der Waals surface area contributed by atoms with Crippen molar-refractivity contribution in [2.24, 2.45) is 5.92 Å². The minimum absolute atomic E-state index is 0.0480. The van der Waals surface area contributed by atoms with E-state index in [1.165, 1.54) is 23.9 Å². The summed E-state index contributed by atoms with van der Waals surface area (Å²) in [5.41, 5.74) is 4.52. The number of aromatic nitrogens is 7. The quantitative estimate of drug-likeness (QED) is 0.188. The van der Waals surface area contributed by atoms with Crippen LogP contribution in [0.4, 0.5) is 14.7 Å². The third kappa shape index (κ3) is 5.14. The summed E-state index contributed by atoms with van der Waals surface area (Å²) in [4.78, 5) is 41.2. The summed E-state index contributed by atoms with van der Waals surface area (Å²) in [5.74, 6) is -1.25. The minimum Gasteiger partial charge on any atom is -0.379 e. The van der Waals surface area contributed by atoms with Crippen LogP contribution in [0.5, 0.6) is 0 Å². The lowest BCUT2D eigenvalue weighted by atomic mass is 9.97. The molecule has 4 N–H and O–H groups in total. The molecule has 226 valence electrons. The molecule has 0 spiro atoms. The molecule has 2 unspecified atom stereocenters. The van der Waals surface area contributed by atoms with Crippen LogP contribution in [-0.4, -0.2) is 79.0 Å². The standard InChI is InChI=1S/C22H25F2N8O8PS/c1-36-11-6-38-41(35,42)40-14-12(23)21(39-20(14)32-8-28-13-17(32)29-22(25)30-19(13)34)37-5-3-9(11)15(24)31-4-2-10-16(31)26-7-27-18(10)33/h2,4,7-9,11-12,14-15,20-21H,3,5-6H2,1H3,(H,35,42)(H,26,27,33)(H3,25,29,30,34)/t9-,11-,12+,14-,15-,20-,21?,41?/m1/s1. The average Bonchev–Trinajstić information content (AvgIpc) is 3.64. The van der Waals surface area contributed by atoms with E-state index in [0.29, 0.717) is 0 Å². The fraction of sp³-hybridized carbons (Fsp3) is 0.500. The number of fused-ring (bicyclic) bond motifs is 4. The first kappa shape index (κ1) is 28.9. The summed E-state index contributed by atoms with van der Waals surface area (Å²) in [6, 6.07) is 1.42. The number of hydrogen-bond donors (Lipinski definition) is 4. The van der Waals surface area contributed by atoms with Crippen LogP contribution in [0.1, 0.15) is 18.9 Å². The molecule has 2 saturated heterocycles. The van der Waals surface area contributed by atoms with E-state index < -0.39 is 67.6 Å². The van der Waals surface area contributed by atoms with Crippen LogP contribution < -0.4 is 16.9 Å². The largest absolute Gasteiger partial charge is 0.386 e. The SMILES string of the molecule is CO[C@@H]1COP(=O)(S)O[C@@H]2[C@H](F)C(OCC[C@H]1[C@H](F)n1ccc3c(=O)[nH]cnc31)O[C@H]2n1cnc2c(=O)[nH]c(N)nc21. The molecule has 8 atom stereocenters. The minimum atomic E-state index is -4.35. The number of hydrogen-bond acceptors (Lipinski definition) is 12. The van der Waals surface area contributed by atoms with E-state index in [1.807, 2.05) is 0 Å². The molecule has 42 heavy (non-hydrogen) atoms. The van der Waals surface area contributed by atoms with Gasteiger partial charge < -0.3 is 29.5 Å². The highest BCUT2D eigenvalue weighted by Crippen LogP contribution is 2.57. The highest BCUT2D eigenvalue weighted by atomic mass is 32.7. The van der Waals surface area contributed by atoms with Crippen LogP contribution >= 0.6 is 19.0 Å². The number of ether oxygens (including phenoxy) is 3. The molecule has 0 saturated carbocycles. The van der Waals surface area contributed by atoms with Gasteiger partial charge >= 0.3 is 6.80 Å². The van der Waals surface area contributed by atoms with Crippen molar-refractivity contribution in [1.29, 1.82) is 0 Å². The molecule has 6 rings (SSSR count). The zero-order valence-electron chi connectivity index (χ0n) is 21.7. The number of nitrogens with zero attached hydrogens (tertiary/aromatic N) is 5. The van der Waals surface area contributed by atoms with Crippen LogP contribution in [0.25, 0.3) is 22.2 Å². The summed E-state index contributed by atoms with van der Waals surface area (Å²) >= 11 is 4.01. The zero-order chi connectivity index (χ0) is 29.8. The first-order valence-corrected chi connectivity index (χ1v) is 15.3. The fourth-order valence-electron chi connectivity index (χ4n) is 5.12. The van der Waals surface area contributed by atoms with Gasteiger partial charge in [-0.25, -0.2) is 23.3 Å². The molecule has 6 heterocycles. The van der Waals surface area contributed by atoms with Gasteiger partial charge in [0.05, 0.1) is 37.4 Å². The van der Waals surface area contributed by atoms with Crippen molar-refractivity contribution in [1.82, 2.24) is 34.1 Å². The van der Waals surface area contributed by atoms with Gasteiger partial charge in [0.1, 0.15) is 11.8 Å². The van der Waals surface area contributed by atoms with Crippen molar-refractivity contribution >= 4 is 47.2 Å². The lowest BCUT2D eigenvalue weighted by Crippen LogP contribution is -2.36. The number of aromatic amines is 2. The third-order valence-corrected chi connectivity index (χ3v) is 8.77. The average molecular weight is 631 g/mol. The normalized spacial score (nSPS) is 31.6. The molecule has 2 aliphatic rings. The number of halogens is 2. The number of rotatable bonds is 4. The van der Waals surface area contributed by atoms with E-state index in [4.69, 9.17) is 29.0 Å². The summed E-state index contributed by atoms with van der Waals surface area (Å²) in [6.45, 7) is -5.02. The summed E-state index contributed by atoms with van der Waals surface area (Å²) in [6.07, 6.45) is -5.81. The Balaban J connectivity index is 1.32. The van der Waals surface area contributed by atoms with Crippen molar-refractivity contribution in [2.45, 2.75) is 43.6 Å². The van der Waals surface area contributed by atoms with E-state index in [1.54, 1.807) is 0 Å². The Morgan fingerprint density at radius 1 is 1.29 bits per heavy atom. The topological polar surface area (TPSA) is 203 Å². The molecule has 20 heteroatoms. The lowest BCUT2D eigenvalue weighted by Gasteiger charge is -2.31. The number of alkyl halides is 2. The van der Waals surface area contributed by atoms with Crippen molar-refractivity contribution < 1.29 is 36.6 Å². The van der Waals surface area contributed by atoms with E-state index >= 15 is 8.78 Å². The predicted octanol–water partition coefficient (Wildman–Crippen LogP) is 1.59. The maximum atomic E-state index is 16.1. The number of nitrogen functional groups attached to an aromatic ring is 1. The number of methoxy groups -OCH3 is 1. The summed E-state index contributed by atoms with van der Waals surface area (Å²) in [7, 11) is 1.31. The first-order valence-electron chi connectivity index (χ1n) is 12.6. The fourth-order valence-corrected chi connectivity index (χ4v) is 6.57. The Bertz CT molecular complexity index is 1780. The molecule has 0 amide bonds. The van der Waals surface area contributed by atoms with E-state index in [2.05, 4.69) is 37.2 Å². The maximum Gasteiger partial charge on any atom is 0.386 e. The number of anilines is 1. The van der Waals surface area contributed by atoms with Crippen LogP contribution in [0, 0.1) is 5.92 Å². The second-order valence-electron chi connectivity index (χ2n) is 9.61. The summed E-state index contributed by atoms with van der Waals surface area (Å²) in [5, 5.41) is 0.171. The van der Waals surface area contributed by atoms with Crippen molar-refractivity contribution in [2.75, 3.05) is 26.1 Å². The number of imidazole rings is 1. The highest BCUT2D eigenvalue weighted by molar-refractivity contribution is 8.44. The smallest absolute Gasteiger partial charge is 0.379 e. The van der Waals surface area contributed by atoms with Crippen molar-refractivity contribution in [3.8, 4) is 0 Å². The van der Waals surface area contributed by atoms with Gasteiger partial charge in [-0.05, 0) is 12.5 Å². The monoisotopic (exact) mass is 630 g/mol. The third-order valence-electron chi connectivity index (χ3n) is 7.16. The van der Waals surface area contributed by atoms with Crippen LogP contribution in [0.15, 0.2) is 34.5 Å². The van der Waals surface area contributed by atoms with Crippen LogP contribution in [0.2, 0.25) is 0 Å². The molecule has 2 fully saturated rings. The second-order valence-corrected chi connectivity index (χ2v) is 12.5. The van der Waals surface area contributed by atoms with Gasteiger partial charge in [-0.2, -0.15) is 4.98 Å². The van der Waals surface area contributed by atoms with Gasteiger partial charge in [0.2, 0.25) is 5.95 Å². The van der Waals surface area contributed by atoms with Gasteiger partial charge in [-0.1, -0.05) is 12.2 Å². The van der Waals surface area contributed by atoms with Crippen LogP contribution in [-0.2, 0) is 27.8 Å². The van der Waals surface area contributed by atoms with Gasteiger partial charge in [-0.3, -0.25) is 28.2 Å². The highest BCUT2D eigenvalue weighted by Gasteiger charge is 2.51. The Labute approximate surface area is 239 Å². The number of H-pyrrole nitrogens is 2. The second kappa shape index (κ2) is 11.1. The molecular formula is C22H25F2N8O8PS. The summed E-state index contributed by atoms with van der Waals surface area (Å²) < 4.78 is 75.5. The molecule has 4 aromatic heterocycles. The number of nitrogens with one attached hydrogen (secondary N) is 2. The first-order chi connectivity index (χ1) is 20.1. The zero-order valence-corrected chi connectivity index (χ0v) is 23.5. The van der Waals surface area contributed by atoms with Crippen LogP contribution in [0.3, 0.4) is 0 Å². The number of thiol groups is 1. The van der Waals surface area contributed by atoms with Gasteiger partial charge in [0.25, 0.3) is 11.1 Å². The Morgan fingerprint density at radius 2 is 2.10 bits per heavy atom. The maximum absolute atomic E-state index is 16.1. The molecule has 0 radical (unpaired) electrons. The Hall–Kier alpha value is -3.19. The van der Waals surface area contributed by atoms with E-state index in [9.17, 15) is 14.2 Å². The van der Waals surface area contributed by atoms with E-state index in [-0.39, 0.29) is 41.2 Å². The Kier molecular flexibility index (Phi) is 7.67. The molecule has 2 aliphatic heterocycles. The van der Waals surface area contributed by atoms with Gasteiger partial charge in [-0.15, -0.1) is 0 Å². The molecular weight excluding hydrogens is 605 g/mol. The van der Waals surface area contributed by atoms with Gasteiger partial charge in [0, 0.05) is 19.2 Å². The molecule has 4 aromatic rings. The van der Waals surface area contributed by atoms with Crippen molar-refractivity contribution in [3.05, 3.63) is 45.6 Å². The number of nitrogens with two attached hydrogens (primary N) is 1. The molecule has 0 aliphatic carbocycles. The molecule has 2 bridgehead atoms. The predicted molar refractivity (Wildman–Crippen MR) is 144 cm³/mol. The van der Waals surface area contributed by atoms with Gasteiger partial charge in [0.15, 0.2) is 36.1 Å². The van der Waals surface area contributed by atoms with Crippen molar-refractivity contribution in [3.63, 3.8) is 0 Å². The Morgan fingerprint density at radius 3 is 2.88 bits per heavy atom. The van der Waals surface area contributed by atoms with E-state index in [0.717, 1.165) is 17.2 Å². The molecule has 0 aromatic carbocycles.